The first-order valence-corrected chi connectivity index (χ1v) is 21.1. The van der Waals surface area contributed by atoms with Gasteiger partial charge in [0.2, 0.25) is 17.7 Å². The number of piperidine rings is 1. The largest absolute Gasteiger partial charge is 0.491 e. The van der Waals surface area contributed by atoms with Gasteiger partial charge in [-0.1, -0.05) is 41.9 Å². The van der Waals surface area contributed by atoms with Crippen molar-refractivity contribution in [3.63, 3.8) is 0 Å². The molecule has 2 aromatic heterocycles. The number of imide groups is 2. The van der Waals surface area contributed by atoms with E-state index >= 15 is 0 Å². The van der Waals surface area contributed by atoms with Crippen LogP contribution in [0.1, 0.15) is 97.8 Å². The number of aryl methyl sites for hydroxylation is 2. The van der Waals surface area contributed by atoms with Gasteiger partial charge in [0.05, 0.1) is 42.5 Å². The summed E-state index contributed by atoms with van der Waals surface area (Å²) in [6.07, 6.45) is 0.207. The number of ether oxygens (including phenoxy) is 2. The highest BCUT2D eigenvalue weighted by Crippen LogP contribution is 2.40. The van der Waals surface area contributed by atoms with Crippen LogP contribution in [0.4, 0.5) is 5.69 Å². The van der Waals surface area contributed by atoms with Crippen molar-refractivity contribution in [1.82, 2.24) is 30.3 Å². The normalized spacial score (nSPS) is 17.5. The highest BCUT2D eigenvalue weighted by molar-refractivity contribution is 7.15. The zero-order valence-corrected chi connectivity index (χ0v) is 35.5. The van der Waals surface area contributed by atoms with E-state index in [1.165, 1.54) is 4.88 Å². The van der Waals surface area contributed by atoms with Crippen molar-refractivity contribution in [2.45, 2.75) is 65.1 Å². The van der Waals surface area contributed by atoms with E-state index in [2.05, 4.69) is 40.0 Å². The van der Waals surface area contributed by atoms with Crippen molar-refractivity contribution in [3.8, 4) is 10.8 Å². The molecule has 0 spiro atoms. The number of carbonyl (C=O) groups excluding carboxylic acids is 5. The fourth-order valence-corrected chi connectivity index (χ4v) is 9.13. The molecule has 2 unspecified atom stereocenters. The fourth-order valence-electron chi connectivity index (χ4n) is 7.79. The molecule has 0 aliphatic carbocycles. The van der Waals surface area contributed by atoms with Crippen molar-refractivity contribution in [2.75, 3.05) is 31.7 Å². The highest BCUT2D eigenvalue weighted by atomic mass is 35.5. The predicted octanol–water partition coefficient (Wildman–Crippen LogP) is 5.98. The van der Waals surface area contributed by atoms with Gasteiger partial charge >= 0.3 is 0 Å². The van der Waals surface area contributed by atoms with E-state index in [4.69, 9.17) is 26.1 Å². The summed E-state index contributed by atoms with van der Waals surface area (Å²) in [5.41, 5.74) is 5.56. The zero-order chi connectivity index (χ0) is 42.9. The van der Waals surface area contributed by atoms with Crippen LogP contribution >= 0.6 is 22.9 Å². The Morgan fingerprint density at radius 3 is 2.48 bits per heavy atom. The van der Waals surface area contributed by atoms with Crippen LogP contribution in [-0.4, -0.2) is 87.3 Å². The number of rotatable bonds is 14. The third-order valence-corrected chi connectivity index (χ3v) is 12.5. The van der Waals surface area contributed by atoms with Crippen LogP contribution in [0.15, 0.2) is 71.7 Å². The molecule has 3 aromatic carbocycles. The molecule has 5 aromatic rings. The Balaban J connectivity index is 0.821. The second kappa shape index (κ2) is 17.4. The Morgan fingerprint density at radius 2 is 1.72 bits per heavy atom. The van der Waals surface area contributed by atoms with Crippen molar-refractivity contribution in [1.29, 1.82) is 0 Å². The smallest absolute Gasteiger partial charge is 0.264 e. The van der Waals surface area contributed by atoms with Crippen LogP contribution in [-0.2, 0) is 19.1 Å². The van der Waals surface area contributed by atoms with Gasteiger partial charge in [0, 0.05) is 39.7 Å². The summed E-state index contributed by atoms with van der Waals surface area (Å²) in [5, 5.41) is 19.0. The van der Waals surface area contributed by atoms with Crippen molar-refractivity contribution in [3.05, 3.63) is 122 Å². The lowest BCUT2D eigenvalue weighted by Crippen LogP contribution is -2.54. The standard InChI is InChI=1S/C44H43ClN8O7S/c1-23-25(3)61-44-37(23)39(28-8-12-29(45)13-9-28)48-33(40-51-50-26(4)52(40)44)22-36(55)47-24(2)27-10-14-30(15-11-27)60-21-20-59-19-18-46-32-7-5-6-31-38(32)43(58)53(42(31)57)34-16-17-35(54)49-41(34)56/h5-15,24,33-34,46H,16-22H2,1-4H3,(H,47,55)(H,49,54,56)/t24-,33?,34?/m0/s1. The van der Waals surface area contributed by atoms with Gasteiger partial charge in [-0.3, -0.25) is 43.7 Å². The molecule has 61 heavy (non-hydrogen) atoms. The summed E-state index contributed by atoms with van der Waals surface area (Å²) in [7, 11) is 0. The van der Waals surface area contributed by atoms with E-state index in [1.807, 2.05) is 66.9 Å². The molecule has 0 radical (unpaired) electrons. The van der Waals surface area contributed by atoms with Crippen LogP contribution in [0.2, 0.25) is 5.02 Å². The number of amides is 5. The number of benzene rings is 3. The number of aromatic nitrogens is 3. The van der Waals surface area contributed by atoms with Gasteiger partial charge in [0.25, 0.3) is 11.8 Å². The lowest BCUT2D eigenvalue weighted by Gasteiger charge is -2.27. The van der Waals surface area contributed by atoms with Crippen molar-refractivity contribution in [2.24, 2.45) is 4.99 Å². The Bertz CT molecular complexity index is 2590. The number of fused-ring (bicyclic) bond motifs is 4. The van der Waals surface area contributed by atoms with Gasteiger partial charge in [-0.15, -0.1) is 21.5 Å². The Hall–Kier alpha value is -6.23. The number of thiophene rings is 1. The molecule has 0 saturated carbocycles. The Kier molecular flexibility index (Phi) is 11.8. The van der Waals surface area contributed by atoms with Gasteiger partial charge in [0.15, 0.2) is 5.82 Å². The van der Waals surface area contributed by atoms with Crippen LogP contribution in [0.25, 0.3) is 5.00 Å². The maximum Gasteiger partial charge on any atom is 0.264 e. The summed E-state index contributed by atoms with van der Waals surface area (Å²) in [6, 6.07) is 18.1. The first kappa shape index (κ1) is 41.5. The summed E-state index contributed by atoms with van der Waals surface area (Å²) in [4.78, 5) is 71.4. The van der Waals surface area contributed by atoms with E-state index in [-0.39, 0.29) is 48.9 Å². The molecule has 3 aliphatic heterocycles. The molecular weight excluding hydrogens is 820 g/mol. The van der Waals surface area contributed by atoms with Crippen LogP contribution < -0.4 is 20.7 Å². The Morgan fingerprint density at radius 1 is 0.951 bits per heavy atom. The first-order valence-electron chi connectivity index (χ1n) is 19.9. The van der Waals surface area contributed by atoms with Gasteiger partial charge < -0.3 is 20.1 Å². The third kappa shape index (κ3) is 8.30. The van der Waals surface area contributed by atoms with E-state index in [9.17, 15) is 24.0 Å². The molecule has 1 fully saturated rings. The second-order valence-corrected chi connectivity index (χ2v) is 16.7. The van der Waals surface area contributed by atoms with E-state index < -0.39 is 35.7 Å². The summed E-state index contributed by atoms with van der Waals surface area (Å²) >= 11 is 7.91. The highest BCUT2D eigenvalue weighted by Gasteiger charge is 2.45. The molecule has 3 atom stereocenters. The number of hydrogen-bond acceptors (Lipinski definition) is 12. The third-order valence-electron chi connectivity index (χ3n) is 11.0. The van der Waals surface area contributed by atoms with Gasteiger partial charge in [0.1, 0.15) is 35.3 Å². The average Bonchev–Trinajstić information content (AvgIpc) is 3.82. The zero-order valence-electron chi connectivity index (χ0n) is 33.9. The molecule has 8 rings (SSSR count). The maximum absolute atomic E-state index is 13.7. The quantitative estimate of drug-likeness (QED) is 0.0887. The number of anilines is 1. The van der Waals surface area contributed by atoms with Crippen molar-refractivity contribution >= 4 is 63.9 Å². The lowest BCUT2D eigenvalue weighted by atomic mass is 9.99. The Labute approximate surface area is 360 Å². The van der Waals surface area contributed by atoms with E-state index in [0.29, 0.717) is 42.0 Å². The number of aliphatic imine (C=N–C) groups is 1. The molecule has 15 nitrogen and oxygen atoms in total. The molecular formula is C44H43ClN8O7S. The van der Waals surface area contributed by atoms with E-state index in [1.54, 1.807) is 29.5 Å². The minimum Gasteiger partial charge on any atom is -0.491 e. The summed E-state index contributed by atoms with van der Waals surface area (Å²) in [6.45, 7) is 9.24. The maximum atomic E-state index is 13.7. The molecule has 5 heterocycles. The predicted molar refractivity (Wildman–Crippen MR) is 229 cm³/mol. The van der Waals surface area contributed by atoms with Gasteiger partial charge in [-0.05, 0) is 81.6 Å². The number of halogens is 1. The van der Waals surface area contributed by atoms with Crippen LogP contribution in [0.5, 0.6) is 5.75 Å². The summed E-state index contributed by atoms with van der Waals surface area (Å²) in [5.74, 6) is -0.420. The molecule has 3 N–H and O–H groups in total. The van der Waals surface area contributed by atoms with E-state index in [0.717, 1.165) is 43.7 Å². The minimum atomic E-state index is -1.03. The second-order valence-electron chi connectivity index (χ2n) is 15.0. The lowest BCUT2D eigenvalue weighted by molar-refractivity contribution is -0.136. The fraction of sp³-hybridized carbons (Fsp3) is 0.318. The van der Waals surface area contributed by atoms with Gasteiger partial charge in [-0.2, -0.15) is 0 Å². The molecule has 314 valence electrons. The molecule has 1 saturated heterocycles. The summed E-state index contributed by atoms with van der Waals surface area (Å²) < 4.78 is 13.6. The first-order chi connectivity index (χ1) is 29.4. The molecule has 17 heteroatoms. The van der Waals surface area contributed by atoms with Crippen molar-refractivity contribution < 1.29 is 33.4 Å². The average molecular weight is 863 g/mol. The number of nitrogens with zero attached hydrogens (tertiary/aromatic N) is 5. The molecule has 5 amide bonds. The van der Waals surface area contributed by atoms with Crippen LogP contribution in [0, 0.1) is 20.8 Å². The SMILES string of the molecule is Cc1sc2c(c1C)C(c1ccc(Cl)cc1)=NC(CC(=O)N[C@@H](C)c1ccc(OCCOCCNc3cccc4c3C(=O)N(C3CCC(=O)NC3=O)C4=O)cc1)c1nnc(C)n1-2. The monoisotopic (exact) mass is 862 g/mol. The molecule has 0 bridgehead atoms. The number of carbonyl (C=O) groups is 5. The minimum absolute atomic E-state index is 0.0518. The molecule has 3 aliphatic rings. The van der Waals surface area contributed by atoms with Gasteiger partial charge in [-0.25, -0.2) is 0 Å². The van der Waals surface area contributed by atoms with Crippen LogP contribution in [0.3, 0.4) is 0 Å². The topological polar surface area (TPSA) is 186 Å². The number of nitrogens with one attached hydrogen (secondary N) is 3. The number of hydrogen-bond donors (Lipinski definition) is 3.